The molecule has 0 heterocycles. The van der Waals surface area contributed by atoms with Gasteiger partial charge in [-0.3, -0.25) is 4.79 Å². The van der Waals surface area contributed by atoms with Crippen LogP contribution in [0.1, 0.15) is 65.7 Å². The van der Waals surface area contributed by atoms with Gasteiger partial charge in [-0.05, 0) is 66.3 Å². The Hall–Kier alpha value is -0.630. The lowest BCUT2D eigenvalue weighted by Gasteiger charge is -2.59. The van der Waals surface area contributed by atoms with Gasteiger partial charge in [0, 0.05) is 6.42 Å². The van der Waals surface area contributed by atoms with E-state index in [9.17, 15) is 9.90 Å². The third-order valence-corrected chi connectivity index (χ3v) is 7.15. The quantitative estimate of drug-likeness (QED) is 0.737. The number of rotatable bonds is 1. The number of carbonyl (C=O) groups is 1. The number of aliphatic hydroxyl groups excluding tert-OH is 1. The molecule has 0 unspecified atom stereocenters. The second kappa shape index (κ2) is 5.22. The molecule has 1 N–H and O–H groups in total. The lowest BCUT2D eigenvalue weighted by Crippen LogP contribution is -2.53. The number of hydrogen-bond donors (Lipinski definition) is 1. The van der Waals surface area contributed by atoms with Gasteiger partial charge < -0.3 is 5.11 Å². The minimum absolute atomic E-state index is 0.322. The van der Waals surface area contributed by atoms with Crippen LogP contribution >= 0.6 is 0 Å². The van der Waals surface area contributed by atoms with Crippen molar-refractivity contribution in [3.63, 3.8) is 0 Å². The number of fused-ring (bicyclic) bond motifs is 3. The summed E-state index contributed by atoms with van der Waals surface area (Å²) in [5, 5.41) is 10.6. The zero-order valence-electron chi connectivity index (χ0n) is 13.8. The highest BCUT2D eigenvalue weighted by molar-refractivity contribution is 5.73. The number of allylic oxidation sites excluding steroid dienone is 1. The molecule has 3 aliphatic rings. The highest BCUT2D eigenvalue weighted by atomic mass is 16.3. The van der Waals surface area contributed by atoms with E-state index in [0.717, 1.165) is 30.6 Å². The first kappa shape index (κ1) is 15.3. The summed E-state index contributed by atoms with van der Waals surface area (Å²) >= 11 is 0. The monoisotopic (exact) mass is 290 g/mol. The molecule has 0 amide bonds. The lowest BCUT2D eigenvalue weighted by atomic mass is 9.45. The minimum Gasteiger partial charge on any atom is -0.392 e. The third kappa shape index (κ3) is 2.40. The molecule has 2 fully saturated rings. The van der Waals surface area contributed by atoms with E-state index in [1.165, 1.54) is 25.7 Å². The van der Waals surface area contributed by atoms with Crippen LogP contribution in [0.3, 0.4) is 0 Å². The van der Waals surface area contributed by atoms with Gasteiger partial charge in [-0.25, -0.2) is 0 Å². The van der Waals surface area contributed by atoms with Crippen molar-refractivity contribution in [1.82, 2.24) is 0 Å². The van der Waals surface area contributed by atoms with Gasteiger partial charge in [-0.1, -0.05) is 33.3 Å². The Kier molecular flexibility index (Phi) is 3.80. The molecule has 0 radical (unpaired) electrons. The Balaban J connectivity index is 1.95. The van der Waals surface area contributed by atoms with E-state index in [4.69, 9.17) is 0 Å². The van der Waals surface area contributed by atoms with Crippen molar-refractivity contribution in [3.05, 3.63) is 11.6 Å². The molecule has 3 rings (SSSR count). The zero-order chi connectivity index (χ0) is 15.3. The van der Waals surface area contributed by atoms with Crippen LogP contribution in [0.4, 0.5) is 0 Å². The Labute approximate surface area is 129 Å². The van der Waals surface area contributed by atoms with Crippen LogP contribution in [0, 0.1) is 28.6 Å². The summed E-state index contributed by atoms with van der Waals surface area (Å²) in [5.74, 6) is 1.69. The Morgan fingerprint density at radius 1 is 1.24 bits per heavy atom. The van der Waals surface area contributed by atoms with E-state index in [1.807, 2.05) is 0 Å². The highest BCUT2D eigenvalue weighted by Crippen LogP contribution is 2.62. The molecule has 2 saturated carbocycles. The first-order chi connectivity index (χ1) is 9.88. The summed E-state index contributed by atoms with van der Waals surface area (Å²) in [6, 6.07) is 0. The fourth-order valence-electron chi connectivity index (χ4n) is 6.13. The molecule has 0 saturated heterocycles. The second-order valence-corrected chi connectivity index (χ2v) is 8.65. The van der Waals surface area contributed by atoms with Gasteiger partial charge in [-0.2, -0.15) is 0 Å². The fraction of sp³-hybridized carbons (Fsp3) is 0.842. The molecule has 3 aliphatic carbocycles. The Morgan fingerprint density at radius 2 is 2.00 bits per heavy atom. The summed E-state index contributed by atoms with van der Waals surface area (Å²) in [5.41, 5.74) is 1.57. The minimum atomic E-state index is -0.322. The van der Waals surface area contributed by atoms with E-state index in [-0.39, 0.29) is 6.10 Å². The molecular weight excluding hydrogens is 260 g/mol. The molecule has 118 valence electrons. The van der Waals surface area contributed by atoms with Crippen molar-refractivity contribution in [2.45, 2.75) is 71.8 Å². The molecule has 0 aromatic rings. The fourth-order valence-corrected chi connectivity index (χ4v) is 6.13. The van der Waals surface area contributed by atoms with Gasteiger partial charge in [0.2, 0.25) is 0 Å². The topological polar surface area (TPSA) is 37.3 Å². The van der Waals surface area contributed by atoms with Crippen molar-refractivity contribution in [2.75, 3.05) is 0 Å². The van der Waals surface area contributed by atoms with Gasteiger partial charge in [0.25, 0.3) is 0 Å². The van der Waals surface area contributed by atoms with Gasteiger partial charge >= 0.3 is 0 Å². The number of carbonyl (C=O) groups excluding carboxylic acids is 1. The number of hydrogen-bond acceptors (Lipinski definition) is 2. The largest absolute Gasteiger partial charge is 0.392 e. The standard InChI is InChI=1S/C19H30O2/c1-18(2)9-4-10-19(3)15-7-5-13(12-20)11-16(21)14(15)6-8-17(18)19/h5,12,14-17,21H,4,6-11H2,1-3H3/t14-,15+,16-,17+,19-/m1/s1. The molecule has 0 aromatic carbocycles. The predicted molar refractivity (Wildman–Crippen MR) is 84.8 cm³/mol. The van der Waals surface area contributed by atoms with Gasteiger partial charge in [-0.15, -0.1) is 0 Å². The molecule has 0 aliphatic heterocycles. The number of aliphatic hydroxyl groups is 1. The maximum Gasteiger partial charge on any atom is 0.145 e. The van der Waals surface area contributed by atoms with Crippen molar-refractivity contribution < 1.29 is 9.90 Å². The predicted octanol–water partition coefficient (Wildman–Crippen LogP) is 4.13. The van der Waals surface area contributed by atoms with Crippen molar-refractivity contribution in [3.8, 4) is 0 Å². The van der Waals surface area contributed by atoms with Gasteiger partial charge in [0.05, 0.1) is 6.10 Å². The first-order valence-electron chi connectivity index (χ1n) is 8.71. The smallest absolute Gasteiger partial charge is 0.145 e. The van der Waals surface area contributed by atoms with Crippen LogP contribution < -0.4 is 0 Å². The molecule has 2 nitrogen and oxygen atoms in total. The molecule has 0 aromatic heterocycles. The van der Waals surface area contributed by atoms with Gasteiger partial charge in [0.1, 0.15) is 6.29 Å². The van der Waals surface area contributed by atoms with E-state index >= 15 is 0 Å². The maximum absolute atomic E-state index is 11.2. The molecule has 2 heteroatoms. The SMILES string of the molecule is CC1(C)CCC[C@]2(C)[C@H]3CC=C(C=O)C[C@@H](O)[C@@H]3CC[C@@H]12. The maximum atomic E-state index is 11.2. The van der Waals surface area contributed by atoms with Crippen molar-refractivity contribution in [1.29, 1.82) is 0 Å². The summed E-state index contributed by atoms with van der Waals surface area (Å²) in [6.07, 6.45) is 10.6. The van der Waals surface area contributed by atoms with E-state index < -0.39 is 0 Å². The summed E-state index contributed by atoms with van der Waals surface area (Å²) in [4.78, 5) is 11.2. The van der Waals surface area contributed by atoms with Crippen molar-refractivity contribution >= 4 is 6.29 Å². The number of aldehydes is 1. The average molecular weight is 290 g/mol. The average Bonchev–Trinajstić information content (AvgIpc) is 2.58. The van der Waals surface area contributed by atoms with Crippen LogP contribution in [0.15, 0.2) is 11.6 Å². The normalized spacial score (nSPS) is 45.8. The molecule has 0 spiro atoms. The van der Waals surface area contributed by atoms with E-state index in [0.29, 0.717) is 29.1 Å². The third-order valence-electron chi connectivity index (χ3n) is 7.15. The van der Waals surface area contributed by atoms with Gasteiger partial charge in [0.15, 0.2) is 0 Å². The van der Waals surface area contributed by atoms with Crippen LogP contribution in [-0.4, -0.2) is 17.5 Å². The lowest BCUT2D eigenvalue weighted by molar-refractivity contribution is -0.118. The molecule has 5 atom stereocenters. The summed E-state index contributed by atoms with van der Waals surface area (Å²) in [7, 11) is 0. The summed E-state index contributed by atoms with van der Waals surface area (Å²) in [6.45, 7) is 7.35. The van der Waals surface area contributed by atoms with Crippen LogP contribution in [-0.2, 0) is 4.79 Å². The van der Waals surface area contributed by atoms with E-state index in [2.05, 4.69) is 26.8 Å². The van der Waals surface area contributed by atoms with Crippen LogP contribution in [0.5, 0.6) is 0 Å². The van der Waals surface area contributed by atoms with E-state index in [1.54, 1.807) is 0 Å². The molecular formula is C19H30O2. The Bertz CT molecular complexity index is 450. The van der Waals surface area contributed by atoms with Crippen LogP contribution in [0.25, 0.3) is 0 Å². The first-order valence-corrected chi connectivity index (χ1v) is 8.71. The molecule has 0 bridgehead atoms. The van der Waals surface area contributed by atoms with Crippen molar-refractivity contribution in [2.24, 2.45) is 28.6 Å². The molecule has 21 heavy (non-hydrogen) atoms. The zero-order valence-corrected chi connectivity index (χ0v) is 13.8. The van der Waals surface area contributed by atoms with Crippen LogP contribution in [0.2, 0.25) is 0 Å². The Morgan fingerprint density at radius 3 is 2.71 bits per heavy atom. The second-order valence-electron chi connectivity index (χ2n) is 8.65. The summed E-state index contributed by atoms with van der Waals surface area (Å²) < 4.78 is 0. The highest BCUT2D eigenvalue weighted by Gasteiger charge is 2.55.